The molecule has 0 aliphatic rings. The molecular formula is C13H9N3O3. The molecule has 94 valence electrons. The molecule has 2 heterocycles. The highest BCUT2D eigenvalue weighted by Crippen LogP contribution is 2.23. The van der Waals surface area contributed by atoms with Gasteiger partial charge in [0, 0.05) is 29.6 Å². The Bertz CT molecular complexity index is 699. The van der Waals surface area contributed by atoms with Crippen LogP contribution in [-0.2, 0) is 0 Å². The molecule has 0 aliphatic carbocycles. The van der Waals surface area contributed by atoms with Gasteiger partial charge in [-0.05, 0) is 0 Å². The molecule has 6 nitrogen and oxygen atoms in total. The van der Waals surface area contributed by atoms with E-state index in [1.165, 1.54) is 6.07 Å². The van der Waals surface area contributed by atoms with Gasteiger partial charge >= 0.3 is 5.97 Å². The van der Waals surface area contributed by atoms with Gasteiger partial charge in [0.05, 0.1) is 0 Å². The van der Waals surface area contributed by atoms with E-state index >= 15 is 0 Å². The third kappa shape index (κ3) is 2.11. The smallest absolute Gasteiger partial charge is 0.358 e. The first-order valence-electron chi connectivity index (χ1n) is 5.54. The molecule has 0 spiro atoms. The number of aromatic amines is 1. The molecule has 3 rings (SSSR count). The van der Waals surface area contributed by atoms with Crippen molar-refractivity contribution in [3.63, 3.8) is 0 Å². The lowest BCUT2D eigenvalue weighted by atomic mass is 10.1. The van der Waals surface area contributed by atoms with Crippen LogP contribution in [0.25, 0.3) is 22.7 Å². The minimum atomic E-state index is -1.11. The number of nitrogens with one attached hydrogen (secondary N) is 1. The number of nitrogens with zero attached hydrogens (tertiary/aromatic N) is 2. The number of aromatic carboxylic acids is 1. The quantitative estimate of drug-likeness (QED) is 0.749. The largest absolute Gasteiger partial charge is 0.476 e. The second-order valence-electron chi connectivity index (χ2n) is 3.90. The summed E-state index contributed by atoms with van der Waals surface area (Å²) in [5, 5.41) is 12.3. The van der Waals surface area contributed by atoms with Crippen molar-refractivity contribution < 1.29 is 14.4 Å². The fraction of sp³-hybridized carbons (Fsp3) is 0. The molecule has 0 fully saturated rings. The minimum absolute atomic E-state index is 0.106. The predicted octanol–water partition coefficient (Wildman–Crippen LogP) is 2.43. The molecule has 0 radical (unpaired) electrons. The van der Waals surface area contributed by atoms with Gasteiger partial charge < -0.3 is 14.6 Å². The van der Waals surface area contributed by atoms with Gasteiger partial charge in [-0.15, -0.1) is 0 Å². The molecule has 0 saturated heterocycles. The van der Waals surface area contributed by atoms with Crippen molar-refractivity contribution in [2.75, 3.05) is 0 Å². The molecule has 0 atom stereocenters. The first-order valence-corrected chi connectivity index (χ1v) is 5.54. The van der Waals surface area contributed by atoms with Crippen molar-refractivity contribution in [2.45, 2.75) is 0 Å². The normalized spacial score (nSPS) is 10.5. The lowest BCUT2D eigenvalue weighted by Gasteiger charge is -1.98. The van der Waals surface area contributed by atoms with Crippen molar-refractivity contribution >= 4 is 5.97 Å². The Kier molecular flexibility index (Phi) is 2.60. The van der Waals surface area contributed by atoms with Crippen LogP contribution in [0, 0.1) is 0 Å². The number of benzene rings is 1. The molecule has 2 N–H and O–H groups in total. The molecule has 19 heavy (non-hydrogen) atoms. The third-order valence-electron chi connectivity index (χ3n) is 2.67. The van der Waals surface area contributed by atoms with E-state index in [2.05, 4.69) is 15.1 Å². The Morgan fingerprint density at radius 2 is 1.95 bits per heavy atom. The maximum atomic E-state index is 10.7. The summed E-state index contributed by atoms with van der Waals surface area (Å²) < 4.78 is 4.99. The van der Waals surface area contributed by atoms with Gasteiger partial charge in [-0.3, -0.25) is 0 Å². The van der Waals surface area contributed by atoms with Gasteiger partial charge in [-0.25, -0.2) is 9.78 Å². The number of rotatable bonds is 3. The van der Waals surface area contributed by atoms with E-state index in [9.17, 15) is 4.79 Å². The van der Waals surface area contributed by atoms with Crippen LogP contribution in [0.5, 0.6) is 0 Å². The zero-order chi connectivity index (χ0) is 13.2. The van der Waals surface area contributed by atoms with Crippen molar-refractivity contribution in [2.24, 2.45) is 0 Å². The van der Waals surface area contributed by atoms with E-state index in [0.29, 0.717) is 5.76 Å². The van der Waals surface area contributed by atoms with Crippen LogP contribution in [-0.4, -0.2) is 26.2 Å². The number of carboxylic acid groups (broad SMARTS) is 1. The molecule has 1 aromatic carbocycles. The number of hydrogen-bond donors (Lipinski definition) is 2. The topological polar surface area (TPSA) is 92.0 Å². The standard InChI is InChI=1S/C13H9N3O3/c17-13(18)10-7-11(19-16-10)8-1-3-9(4-2-8)12-14-5-6-15-12/h1-7H,(H,14,15)(H,17,18). The van der Waals surface area contributed by atoms with Crippen LogP contribution in [0.1, 0.15) is 10.5 Å². The Morgan fingerprint density at radius 3 is 2.53 bits per heavy atom. The molecule has 0 aliphatic heterocycles. The monoisotopic (exact) mass is 255 g/mol. The average Bonchev–Trinajstić information content (AvgIpc) is 3.11. The molecule has 0 saturated carbocycles. The van der Waals surface area contributed by atoms with Crippen LogP contribution in [0.4, 0.5) is 0 Å². The summed E-state index contributed by atoms with van der Waals surface area (Å²) in [6.07, 6.45) is 3.43. The van der Waals surface area contributed by atoms with Crippen LogP contribution >= 0.6 is 0 Å². The summed E-state index contributed by atoms with van der Waals surface area (Å²) in [6.45, 7) is 0. The van der Waals surface area contributed by atoms with Crippen LogP contribution in [0.2, 0.25) is 0 Å². The SMILES string of the molecule is O=C(O)c1cc(-c2ccc(-c3ncc[nH]3)cc2)on1. The van der Waals surface area contributed by atoms with E-state index < -0.39 is 5.97 Å². The fourth-order valence-electron chi connectivity index (χ4n) is 1.73. The Morgan fingerprint density at radius 1 is 1.21 bits per heavy atom. The van der Waals surface area contributed by atoms with Gasteiger partial charge in [-0.2, -0.15) is 0 Å². The average molecular weight is 255 g/mol. The zero-order valence-corrected chi connectivity index (χ0v) is 9.70. The van der Waals surface area contributed by atoms with E-state index in [4.69, 9.17) is 9.63 Å². The fourth-order valence-corrected chi connectivity index (χ4v) is 1.73. The van der Waals surface area contributed by atoms with Crippen molar-refractivity contribution in [1.82, 2.24) is 15.1 Å². The molecule has 6 heteroatoms. The number of carbonyl (C=O) groups is 1. The highest BCUT2D eigenvalue weighted by molar-refractivity contribution is 5.86. The lowest BCUT2D eigenvalue weighted by Crippen LogP contribution is -1.94. The zero-order valence-electron chi connectivity index (χ0n) is 9.70. The van der Waals surface area contributed by atoms with E-state index in [1.54, 1.807) is 12.4 Å². The van der Waals surface area contributed by atoms with Gasteiger partial charge in [0.1, 0.15) is 5.82 Å². The van der Waals surface area contributed by atoms with Crippen molar-refractivity contribution in [3.8, 4) is 22.7 Å². The number of imidazole rings is 1. The van der Waals surface area contributed by atoms with Crippen LogP contribution in [0.15, 0.2) is 47.2 Å². The van der Waals surface area contributed by atoms with Crippen molar-refractivity contribution in [1.29, 1.82) is 0 Å². The molecule has 0 amide bonds. The summed E-state index contributed by atoms with van der Waals surface area (Å²) in [4.78, 5) is 17.9. The molecule has 0 unspecified atom stereocenters. The van der Waals surface area contributed by atoms with Gasteiger partial charge in [0.15, 0.2) is 11.5 Å². The predicted molar refractivity (Wildman–Crippen MR) is 66.5 cm³/mol. The molecule has 0 bridgehead atoms. The minimum Gasteiger partial charge on any atom is -0.476 e. The highest BCUT2D eigenvalue weighted by Gasteiger charge is 2.12. The molecule has 3 aromatic rings. The summed E-state index contributed by atoms with van der Waals surface area (Å²) in [5.41, 5.74) is 1.59. The second-order valence-corrected chi connectivity index (χ2v) is 3.90. The summed E-state index contributed by atoms with van der Waals surface area (Å²) >= 11 is 0. The van der Waals surface area contributed by atoms with Gasteiger partial charge in [-0.1, -0.05) is 29.4 Å². The number of aromatic nitrogens is 3. The summed E-state index contributed by atoms with van der Waals surface area (Å²) in [5.74, 6) is 0.0842. The maximum Gasteiger partial charge on any atom is 0.358 e. The molecule has 2 aromatic heterocycles. The first kappa shape index (κ1) is 11.2. The second kappa shape index (κ2) is 4.41. The van der Waals surface area contributed by atoms with Crippen LogP contribution < -0.4 is 0 Å². The number of H-pyrrole nitrogens is 1. The Balaban J connectivity index is 1.91. The number of hydrogen-bond acceptors (Lipinski definition) is 4. The number of carboxylic acids is 1. The third-order valence-corrected chi connectivity index (χ3v) is 2.67. The first-order chi connectivity index (χ1) is 9.24. The van der Waals surface area contributed by atoms with E-state index in [0.717, 1.165) is 17.0 Å². The lowest BCUT2D eigenvalue weighted by molar-refractivity contribution is 0.0686. The van der Waals surface area contributed by atoms with Gasteiger partial charge in [0.2, 0.25) is 0 Å². The van der Waals surface area contributed by atoms with Gasteiger partial charge in [0.25, 0.3) is 0 Å². The summed E-state index contributed by atoms with van der Waals surface area (Å²) in [6, 6.07) is 8.78. The Labute approximate surface area is 107 Å². The van der Waals surface area contributed by atoms with E-state index in [-0.39, 0.29) is 5.69 Å². The van der Waals surface area contributed by atoms with E-state index in [1.807, 2.05) is 24.3 Å². The highest BCUT2D eigenvalue weighted by atomic mass is 16.5. The summed E-state index contributed by atoms with van der Waals surface area (Å²) in [7, 11) is 0. The Hall–Kier alpha value is -2.89. The maximum absolute atomic E-state index is 10.7. The van der Waals surface area contributed by atoms with Crippen molar-refractivity contribution in [3.05, 3.63) is 48.4 Å². The molecular weight excluding hydrogens is 246 g/mol. The van der Waals surface area contributed by atoms with Crippen LogP contribution in [0.3, 0.4) is 0 Å².